The van der Waals surface area contributed by atoms with E-state index in [1.807, 2.05) is 112 Å². The summed E-state index contributed by atoms with van der Waals surface area (Å²) in [7, 11) is 7.27. The van der Waals surface area contributed by atoms with Crippen molar-refractivity contribution >= 4 is 34.8 Å². The summed E-state index contributed by atoms with van der Waals surface area (Å²) in [5.41, 5.74) is 10.7. The number of para-hydroxylation sites is 1. The first-order chi connectivity index (χ1) is 48.9. The molecule has 3 amide bonds. The van der Waals surface area contributed by atoms with Crippen molar-refractivity contribution < 1.29 is 19.1 Å². The molecule has 0 aliphatic heterocycles. The predicted octanol–water partition coefficient (Wildman–Crippen LogP) is 8.06. The number of amides is 3. The third-order valence-corrected chi connectivity index (χ3v) is 17.6. The molecule has 0 bridgehead atoms. The number of methoxy groups -OCH3 is 1. The fourth-order valence-electron chi connectivity index (χ4n) is 12.3. The summed E-state index contributed by atoms with van der Waals surface area (Å²) >= 11 is 0. The van der Waals surface area contributed by atoms with Crippen molar-refractivity contribution in [1.82, 2.24) is 110 Å². The van der Waals surface area contributed by atoms with Crippen LogP contribution in [0.3, 0.4) is 0 Å². The van der Waals surface area contributed by atoms with Gasteiger partial charge in [-0.25, -0.2) is 29.9 Å². The van der Waals surface area contributed by atoms with Gasteiger partial charge in [-0.2, -0.15) is 10.2 Å². The number of anilines is 3. The van der Waals surface area contributed by atoms with Crippen molar-refractivity contribution in [2.75, 3.05) is 23.1 Å². The normalized spacial score (nSPS) is 12.5. The number of hydrogen-bond acceptors (Lipinski definition) is 21. The molecule has 13 rings (SSSR count). The summed E-state index contributed by atoms with van der Waals surface area (Å²) in [5.74, 6) is 3.85. The van der Waals surface area contributed by atoms with Gasteiger partial charge in [-0.1, -0.05) is 56.2 Å². The Morgan fingerprint density at radius 3 is 1.42 bits per heavy atom. The largest absolute Gasteiger partial charge is 0.496 e. The minimum Gasteiger partial charge on any atom is -0.496 e. The number of ether oxygens (including phenoxy) is 1. The third-order valence-electron chi connectivity index (χ3n) is 17.6. The molecule has 1 aliphatic rings. The van der Waals surface area contributed by atoms with Gasteiger partial charge in [0.2, 0.25) is 0 Å². The first kappa shape index (κ1) is 66.2. The second-order valence-electron chi connectivity index (χ2n) is 24.5. The van der Waals surface area contributed by atoms with Crippen LogP contribution in [-0.2, 0) is 79.8 Å². The lowest BCUT2D eigenvalue weighted by Crippen LogP contribution is -2.25. The minimum atomic E-state index is -0.261. The zero-order valence-electron chi connectivity index (χ0n) is 56.0. The number of nitrogens with one attached hydrogen (secondary N) is 6. The highest BCUT2D eigenvalue weighted by Crippen LogP contribution is 2.32. The molecule has 0 saturated heterocycles. The third kappa shape index (κ3) is 15.7. The Morgan fingerprint density at radius 1 is 0.500 bits per heavy atom. The maximum Gasteiger partial charge on any atom is 0.251 e. The Balaban J connectivity index is 0.688. The average molecular weight is 1340 g/mol. The number of rotatable bonds is 29. The Bertz CT molecular complexity index is 4810. The number of carbonyl (C=O) groups is 3. The summed E-state index contributed by atoms with van der Waals surface area (Å²) in [6.45, 7) is 4.42. The van der Waals surface area contributed by atoms with Crippen LogP contribution >= 0.6 is 0 Å². The Morgan fingerprint density at radius 2 is 0.950 bits per heavy atom. The topological polar surface area (TPSA) is 338 Å². The lowest BCUT2D eigenvalue weighted by atomic mass is 10.0. The van der Waals surface area contributed by atoms with Crippen LogP contribution in [0, 0.1) is 5.92 Å². The molecule has 1 unspecified atom stereocenters. The molecule has 8 aromatic heterocycles. The molecule has 1 saturated carbocycles. The molecule has 100 heavy (non-hydrogen) atoms. The highest BCUT2D eigenvalue weighted by atomic mass is 16.5. The molecular formula is C71H75N25O4. The standard InChI is InChI=1S/C71H75N25O4/c1-45(28-57-34-55(91-96(57)56-20-6-7-21-56)36-79-70(98)48-14-10-18-52(31-48)76-39-63-85-88-67(93(63)3)60-23-26-73-43-82-60)41-95-58(37-80-71(99)49-15-11-19-53(32-49)77-40-64-86-89-68(94(64)4)61-24-27-74-44-83-61)33-54(90-95)29-46-12-8-16-50(65(46)100-5)35-78-69(97)47-13-9-17-51(30-47)75-38-62-84-87-66(92(62)2)59-22-25-72-42-81-59/h8-19,22-27,30-34,42-45,56,75-77H,6-7,20-21,28-29,35-41H2,1-5H3,(H,78,97)(H,79,98)(H,80,99). The van der Waals surface area contributed by atoms with Gasteiger partial charge < -0.3 is 50.3 Å². The van der Waals surface area contributed by atoms with Crippen molar-refractivity contribution in [2.45, 2.75) is 97.3 Å². The highest BCUT2D eigenvalue weighted by Gasteiger charge is 2.25. The summed E-state index contributed by atoms with van der Waals surface area (Å²) in [6.07, 6.45) is 14.8. The Hall–Kier alpha value is -12.4. The van der Waals surface area contributed by atoms with Gasteiger partial charge in [0, 0.05) is 110 Å². The Kier molecular flexibility index (Phi) is 20.4. The van der Waals surface area contributed by atoms with E-state index in [2.05, 4.69) is 110 Å². The lowest BCUT2D eigenvalue weighted by molar-refractivity contribution is 0.0942. The van der Waals surface area contributed by atoms with E-state index in [9.17, 15) is 14.4 Å². The minimum absolute atomic E-state index is 0.0471. The monoisotopic (exact) mass is 1340 g/mol. The quantitative estimate of drug-likeness (QED) is 0.0258. The second-order valence-corrected chi connectivity index (χ2v) is 24.5. The molecule has 12 aromatic rings. The van der Waals surface area contributed by atoms with E-state index in [-0.39, 0.29) is 49.3 Å². The molecule has 6 N–H and O–H groups in total. The van der Waals surface area contributed by atoms with Crippen LogP contribution in [0.15, 0.2) is 159 Å². The molecule has 1 aliphatic carbocycles. The van der Waals surface area contributed by atoms with Gasteiger partial charge in [-0.15, -0.1) is 30.6 Å². The molecule has 1 fully saturated rings. The molecule has 4 aromatic carbocycles. The molecule has 1 atom stereocenters. The summed E-state index contributed by atoms with van der Waals surface area (Å²) in [6, 6.07) is 37.6. The summed E-state index contributed by atoms with van der Waals surface area (Å²) in [5, 5.41) is 56.1. The van der Waals surface area contributed by atoms with Gasteiger partial charge >= 0.3 is 0 Å². The lowest BCUT2D eigenvalue weighted by Gasteiger charge is -2.18. The van der Waals surface area contributed by atoms with Crippen molar-refractivity contribution in [1.29, 1.82) is 0 Å². The van der Waals surface area contributed by atoms with Crippen LogP contribution < -0.4 is 36.6 Å². The van der Waals surface area contributed by atoms with E-state index in [0.717, 1.165) is 76.6 Å². The maximum absolute atomic E-state index is 14.2. The first-order valence-corrected chi connectivity index (χ1v) is 33.0. The fourth-order valence-corrected chi connectivity index (χ4v) is 12.3. The highest BCUT2D eigenvalue weighted by molar-refractivity contribution is 5.96. The molecule has 29 nitrogen and oxygen atoms in total. The predicted molar refractivity (Wildman–Crippen MR) is 372 cm³/mol. The van der Waals surface area contributed by atoms with Crippen LogP contribution in [0.2, 0.25) is 0 Å². The molecule has 29 heteroatoms. The van der Waals surface area contributed by atoms with Gasteiger partial charge in [-0.3, -0.25) is 23.7 Å². The van der Waals surface area contributed by atoms with Gasteiger partial charge in [0.05, 0.1) is 63.0 Å². The number of nitrogens with zero attached hydrogens (tertiary/aromatic N) is 19. The zero-order valence-corrected chi connectivity index (χ0v) is 56.0. The number of carbonyl (C=O) groups excluding carboxylic acids is 3. The fraction of sp³-hybridized carbons (Fsp3) is 0.282. The van der Waals surface area contributed by atoms with E-state index in [4.69, 9.17) is 14.9 Å². The SMILES string of the molecule is COc1c(CNC(=O)c2cccc(NCc3nnc(-c4ccncn4)n3C)c2)cccc1Cc1cc(CNC(=O)c2cccc(NCc3nnc(-c4ccncn4)n3C)c2)n(CC(C)Cc2cc(CNC(=O)c3cccc(NCc4nnc(-c5ccncn5)n4C)c3)nn2C2CCCC2)n1. The molecule has 0 radical (unpaired) electrons. The molecule has 8 heterocycles. The number of hydrogen-bond donors (Lipinski definition) is 6. The van der Waals surface area contributed by atoms with E-state index in [1.165, 1.54) is 19.0 Å². The van der Waals surface area contributed by atoms with Crippen molar-refractivity contribution in [3.05, 3.63) is 227 Å². The van der Waals surface area contributed by atoms with Crippen LogP contribution in [0.1, 0.15) is 121 Å². The molecule has 508 valence electrons. The summed E-state index contributed by atoms with van der Waals surface area (Å²) in [4.78, 5) is 66.7. The first-order valence-electron chi connectivity index (χ1n) is 33.0. The Labute approximate surface area is 575 Å². The number of benzene rings is 4. The molecular weight excluding hydrogens is 1270 g/mol. The van der Waals surface area contributed by atoms with Crippen molar-refractivity contribution in [2.24, 2.45) is 27.1 Å². The van der Waals surface area contributed by atoms with E-state index < -0.39 is 0 Å². The second kappa shape index (κ2) is 30.8. The molecule has 0 spiro atoms. The smallest absolute Gasteiger partial charge is 0.251 e. The van der Waals surface area contributed by atoms with E-state index >= 15 is 0 Å². The van der Waals surface area contributed by atoms with Crippen LogP contribution in [0.25, 0.3) is 34.6 Å². The van der Waals surface area contributed by atoms with Gasteiger partial charge in [0.1, 0.15) is 41.8 Å². The average Bonchev–Trinajstić information content (AvgIpc) is 1.68. The van der Waals surface area contributed by atoms with Gasteiger partial charge in [0.15, 0.2) is 34.9 Å². The van der Waals surface area contributed by atoms with Crippen LogP contribution in [-0.4, -0.2) is 119 Å². The van der Waals surface area contributed by atoms with Crippen molar-refractivity contribution in [3.63, 3.8) is 0 Å². The summed E-state index contributed by atoms with van der Waals surface area (Å²) < 4.78 is 15.9. The van der Waals surface area contributed by atoms with Gasteiger partial charge in [0.25, 0.3) is 17.7 Å². The maximum atomic E-state index is 14.2. The van der Waals surface area contributed by atoms with Crippen LogP contribution in [0.4, 0.5) is 17.1 Å². The zero-order chi connectivity index (χ0) is 68.9. The van der Waals surface area contributed by atoms with Crippen LogP contribution in [0.5, 0.6) is 5.75 Å². The van der Waals surface area contributed by atoms with E-state index in [1.54, 1.807) is 68.2 Å². The van der Waals surface area contributed by atoms with E-state index in [0.29, 0.717) is 113 Å². The number of aromatic nitrogens is 19. The van der Waals surface area contributed by atoms with Gasteiger partial charge in [-0.05, 0) is 110 Å². The van der Waals surface area contributed by atoms with Crippen molar-refractivity contribution in [3.8, 4) is 40.3 Å².